The number of anilines is 1. The van der Waals surface area contributed by atoms with E-state index in [-0.39, 0.29) is 6.61 Å². The van der Waals surface area contributed by atoms with E-state index in [1.165, 1.54) is 16.2 Å². The Balaban J connectivity index is 1.45. The topological polar surface area (TPSA) is 46.4 Å². The van der Waals surface area contributed by atoms with Crippen molar-refractivity contribution in [3.05, 3.63) is 53.1 Å². The largest absolute Gasteiger partial charge is 0.497 e. The number of ether oxygens (including phenoxy) is 2. The number of aliphatic hydroxyl groups excluding tert-OH is 1. The van der Waals surface area contributed by atoms with Crippen LogP contribution >= 0.6 is 11.6 Å². The van der Waals surface area contributed by atoms with E-state index in [0.717, 1.165) is 37.0 Å². The van der Waals surface area contributed by atoms with Crippen LogP contribution in [0.1, 0.15) is 5.56 Å². The first-order valence-electron chi connectivity index (χ1n) is 9.34. The Morgan fingerprint density at radius 3 is 2.63 bits per heavy atom. The van der Waals surface area contributed by atoms with Gasteiger partial charge in [0.15, 0.2) is 0 Å². The number of nitrogens with zero attached hydrogens (tertiary/aromatic N) is 1. The molecule has 1 saturated heterocycles. The van der Waals surface area contributed by atoms with Gasteiger partial charge in [0.25, 0.3) is 0 Å². The van der Waals surface area contributed by atoms with Crippen molar-refractivity contribution < 1.29 is 19.5 Å². The molecule has 146 valence electrons. The number of hydrogen-bond acceptors (Lipinski definition) is 4. The van der Waals surface area contributed by atoms with Gasteiger partial charge in [-0.3, -0.25) is 0 Å². The normalized spacial score (nSPS) is 16.2. The maximum atomic E-state index is 10.3. The highest BCUT2D eigenvalue weighted by atomic mass is 35.5. The quantitative estimate of drug-likeness (QED) is 0.755. The third-order valence-electron chi connectivity index (χ3n) is 4.99. The van der Waals surface area contributed by atoms with E-state index in [1.54, 1.807) is 7.11 Å². The number of piperazine rings is 1. The zero-order chi connectivity index (χ0) is 19.2. The summed E-state index contributed by atoms with van der Waals surface area (Å²) in [7, 11) is 1.63. The Morgan fingerprint density at radius 1 is 1.15 bits per heavy atom. The fourth-order valence-corrected chi connectivity index (χ4v) is 3.63. The maximum Gasteiger partial charge on any atom is 0.137 e. The van der Waals surface area contributed by atoms with Crippen LogP contribution in [0.3, 0.4) is 0 Å². The second kappa shape index (κ2) is 9.31. The molecule has 0 spiro atoms. The van der Waals surface area contributed by atoms with Gasteiger partial charge in [-0.05, 0) is 36.8 Å². The molecule has 2 aromatic carbocycles. The number of hydrogen-bond donors (Lipinski definition) is 2. The fraction of sp³-hybridized carbons (Fsp3) is 0.429. The molecule has 1 aliphatic heterocycles. The Bertz CT molecular complexity index is 748. The molecule has 2 N–H and O–H groups in total. The Hall–Kier alpha value is -1.95. The number of benzene rings is 2. The standard InChI is InChI=1S/C21H27ClN2O3/c1-16-6-7-17(22)12-21(16)24-10-8-23(9-11-24)14-18(25)15-27-20-5-3-4-19(13-20)26-2/h3-7,12-13,18,25H,8-11,14-15H2,1-2H3/p+1/t18-/m1/s1. The van der Waals surface area contributed by atoms with Crippen LogP contribution in [-0.4, -0.2) is 57.7 Å². The molecule has 5 nitrogen and oxygen atoms in total. The van der Waals surface area contributed by atoms with Crippen LogP contribution in [-0.2, 0) is 0 Å². The summed E-state index contributed by atoms with van der Waals surface area (Å²) in [5.74, 6) is 1.46. The van der Waals surface area contributed by atoms with E-state index in [1.807, 2.05) is 36.4 Å². The minimum absolute atomic E-state index is 0.285. The summed E-state index contributed by atoms with van der Waals surface area (Å²) < 4.78 is 10.9. The van der Waals surface area contributed by atoms with E-state index >= 15 is 0 Å². The van der Waals surface area contributed by atoms with Crippen LogP contribution in [0.25, 0.3) is 0 Å². The molecule has 3 rings (SSSR count). The Kier molecular flexibility index (Phi) is 6.83. The van der Waals surface area contributed by atoms with Gasteiger partial charge in [0, 0.05) is 16.8 Å². The average molecular weight is 392 g/mol. The van der Waals surface area contributed by atoms with Crippen molar-refractivity contribution in [1.29, 1.82) is 0 Å². The van der Waals surface area contributed by atoms with Crippen molar-refractivity contribution in [3.8, 4) is 11.5 Å². The lowest BCUT2D eigenvalue weighted by Gasteiger charge is -2.35. The van der Waals surface area contributed by atoms with Crippen molar-refractivity contribution in [2.24, 2.45) is 0 Å². The van der Waals surface area contributed by atoms with Gasteiger partial charge >= 0.3 is 0 Å². The SMILES string of the molecule is COc1cccc(OC[C@H](O)C[NH+]2CCN(c3cc(Cl)ccc3C)CC2)c1. The summed E-state index contributed by atoms with van der Waals surface area (Å²) in [5.41, 5.74) is 2.46. The number of methoxy groups -OCH3 is 1. The molecule has 2 aromatic rings. The maximum absolute atomic E-state index is 10.3. The molecule has 6 heteroatoms. The smallest absolute Gasteiger partial charge is 0.137 e. The molecule has 1 heterocycles. The summed E-state index contributed by atoms with van der Waals surface area (Å²) >= 11 is 6.15. The van der Waals surface area contributed by atoms with Crippen molar-refractivity contribution in [1.82, 2.24) is 0 Å². The first kappa shape index (κ1) is 19.8. The average Bonchev–Trinajstić information content (AvgIpc) is 2.69. The highest BCUT2D eigenvalue weighted by molar-refractivity contribution is 6.30. The van der Waals surface area contributed by atoms with Crippen LogP contribution < -0.4 is 19.3 Å². The predicted molar refractivity (Wildman–Crippen MR) is 108 cm³/mol. The van der Waals surface area contributed by atoms with Gasteiger partial charge in [0.05, 0.1) is 33.3 Å². The number of rotatable bonds is 7. The van der Waals surface area contributed by atoms with Crippen LogP contribution in [0.4, 0.5) is 5.69 Å². The van der Waals surface area contributed by atoms with Gasteiger partial charge in [-0.1, -0.05) is 23.7 Å². The minimum Gasteiger partial charge on any atom is -0.497 e. The number of aliphatic hydroxyl groups is 1. The zero-order valence-corrected chi connectivity index (χ0v) is 16.7. The number of nitrogens with one attached hydrogen (secondary N) is 1. The van der Waals surface area contributed by atoms with Gasteiger partial charge in [0.2, 0.25) is 0 Å². The molecule has 1 atom stereocenters. The Morgan fingerprint density at radius 2 is 1.89 bits per heavy atom. The number of halogens is 1. The third-order valence-corrected chi connectivity index (χ3v) is 5.23. The molecule has 0 saturated carbocycles. The van der Waals surface area contributed by atoms with Crippen molar-refractivity contribution in [2.45, 2.75) is 13.0 Å². The molecule has 0 aromatic heterocycles. The van der Waals surface area contributed by atoms with Gasteiger partial charge in [-0.2, -0.15) is 0 Å². The number of aryl methyl sites for hydroxylation is 1. The highest BCUT2D eigenvalue weighted by Crippen LogP contribution is 2.24. The summed E-state index contributed by atoms with van der Waals surface area (Å²) in [6.45, 7) is 6.98. The molecular weight excluding hydrogens is 364 g/mol. The molecule has 0 aliphatic carbocycles. The van der Waals surface area contributed by atoms with Gasteiger partial charge in [-0.15, -0.1) is 0 Å². The molecule has 1 fully saturated rings. The van der Waals surface area contributed by atoms with E-state index in [2.05, 4.69) is 17.9 Å². The monoisotopic (exact) mass is 391 g/mol. The molecule has 1 aliphatic rings. The molecule has 0 amide bonds. The first-order chi connectivity index (χ1) is 13.0. The zero-order valence-electron chi connectivity index (χ0n) is 16.0. The molecule has 27 heavy (non-hydrogen) atoms. The second-order valence-corrected chi connectivity index (χ2v) is 7.45. The van der Waals surface area contributed by atoms with Crippen molar-refractivity contribution in [3.63, 3.8) is 0 Å². The van der Waals surface area contributed by atoms with Crippen molar-refractivity contribution in [2.75, 3.05) is 51.3 Å². The Labute approximate surface area is 166 Å². The summed E-state index contributed by atoms with van der Waals surface area (Å²) in [6, 6.07) is 13.5. The highest BCUT2D eigenvalue weighted by Gasteiger charge is 2.23. The fourth-order valence-electron chi connectivity index (χ4n) is 3.47. The molecule has 0 radical (unpaired) electrons. The van der Waals surface area contributed by atoms with Crippen molar-refractivity contribution >= 4 is 17.3 Å². The van der Waals surface area contributed by atoms with E-state index in [9.17, 15) is 5.11 Å². The summed E-state index contributed by atoms with van der Waals surface area (Å²) in [6.07, 6.45) is -0.495. The molecule has 0 bridgehead atoms. The lowest BCUT2D eigenvalue weighted by Crippen LogP contribution is -3.16. The van der Waals surface area contributed by atoms with Crippen LogP contribution in [0.15, 0.2) is 42.5 Å². The minimum atomic E-state index is -0.495. The lowest BCUT2D eigenvalue weighted by atomic mass is 10.1. The summed E-state index contributed by atoms with van der Waals surface area (Å²) in [5, 5.41) is 11.1. The van der Waals surface area contributed by atoms with E-state index in [4.69, 9.17) is 21.1 Å². The van der Waals surface area contributed by atoms with Crippen LogP contribution in [0, 0.1) is 6.92 Å². The van der Waals surface area contributed by atoms with E-state index in [0.29, 0.717) is 12.3 Å². The van der Waals surface area contributed by atoms with Crippen LogP contribution in [0.5, 0.6) is 11.5 Å². The van der Waals surface area contributed by atoms with Crippen LogP contribution in [0.2, 0.25) is 5.02 Å². The van der Waals surface area contributed by atoms with E-state index < -0.39 is 6.10 Å². The number of quaternary nitrogens is 1. The lowest BCUT2D eigenvalue weighted by molar-refractivity contribution is -0.903. The third kappa shape index (κ3) is 5.51. The predicted octanol–water partition coefficient (Wildman–Crippen LogP) is 1.80. The second-order valence-electron chi connectivity index (χ2n) is 7.02. The van der Waals surface area contributed by atoms with Gasteiger partial charge in [0.1, 0.15) is 30.8 Å². The van der Waals surface area contributed by atoms with Gasteiger partial charge < -0.3 is 24.4 Å². The first-order valence-corrected chi connectivity index (χ1v) is 9.72. The summed E-state index contributed by atoms with van der Waals surface area (Å²) in [4.78, 5) is 3.77. The van der Waals surface area contributed by atoms with Gasteiger partial charge in [-0.25, -0.2) is 0 Å². The molecular formula is C21H28ClN2O3+. The molecule has 0 unspecified atom stereocenters.